The summed E-state index contributed by atoms with van der Waals surface area (Å²) in [5.41, 5.74) is 2.55. The molecule has 25 heavy (non-hydrogen) atoms. The molecule has 1 atom stereocenters. The van der Waals surface area contributed by atoms with Crippen LogP contribution in [-0.4, -0.2) is 22.9 Å². The van der Waals surface area contributed by atoms with Gasteiger partial charge in [-0.3, -0.25) is 4.68 Å². The highest BCUT2D eigenvalue weighted by Crippen LogP contribution is 2.23. The molecule has 1 aliphatic rings. The summed E-state index contributed by atoms with van der Waals surface area (Å²) in [4.78, 5) is 0. The van der Waals surface area contributed by atoms with Gasteiger partial charge in [-0.15, -0.1) is 0 Å². The number of hydrogen-bond donors (Lipinski definition) is 1. The Kier molecular flexibility index (Phi) is 4.48. The molecule has 2 heterocycles. The first kappa shape index (κ1) is 15.8. The van der Waals surface area contributed by atoms with E-state index in [0.29, 0.717) is 17.4 Å². The van der Waals surface area contributed by atoms with E-state index in [1.165, 1.54) is 6.07 Å². The van der Waals surface area contributed by atoms with Crippen LogP contribution in [0.5, 0.6) is 5.75 Å². The number of nitrogens with zero attached hydrogens (tertiary/aromatic N) is 2. The van der Waals surface area contributed by atoms with Gasteiger partial charge in [0.2, 0.25) is 0 Å². The molecule has 1 fully saturated rings. The highest BCUT2D eigenvalue weighted by atomic mass is 19.1. The summed E-state index contributed by atoms with van der Waals surface area (Å²) in [7, 11) is 0. The summed E-state index contributed by atoms with van der Waals surface area (Å²) in [5.74, 6) is 0.470. The fraction of sp³-hybridized carbons (Fsp3) is 0.250. The quantitative estimate of drug-likeness (QED) is 0.770. The SMILES string of the molecule is Fc1ccccc1COc1ccc(-c2ccn([C@@H]3CCNC3)n2)cc1. The van der Waals surface area contributed by atoms with Gasteiger partial charge >= 0.3 is 0 Å². The lowest BCUT2D eigenvalue weighted by Crippen LogP contribution is -2.13. The van der Waals surface area contributed by atoms with Gasteiger partial charge in [0.1, 0.15) is 18.2 Å². The second-order valence-electron chi connectivity index (χ2n) is 6.23. The molecule has 0 amide bonds. The molecule has 4 rings (SSSR count). The van der Waals surface area contributed by atoms with E-state index in [9.17, 15) is 4.39 Å². The van der Waals surface area contributed by atoms with Crippen LogP contribution in [0.25, 0.3) is 11.3 Å². The second kappa shape index (κ2) is 7.07. The largest absolute Gasteiger partial charge is 0.489 e. The summed E-state index contributed by atoms with van der Waals surface area (Å²) in [5, 5.41) is 8.04. The van der Waals surface area contributed by atoms with Gasteiger partial charge < -0.3 is 10.1 Å². The van der Waals surface area contributed by atoms with Gasteiger partial charge in [-0.05, 0) is 49.4 Å². The molecule has 0 spiro atoms. The van der Waals surface area contributed by atoms with Crippen LogP contribution in [0.2, 0.25) is 0 Å². The average Bonchev–Trinajstić information content (AvgIpc) is 3.33. The lowest BCUT2D eigenvalue weighted by molar-refractivity contribution is 0.300. The van der Waals surface area contributed by atoms with E-state index in [1.807, 2.05) is 41.2 Å². The van der Waals surface area contributed by atoms with Crippen molar-refractivity contribution in [2.75, 3.05) is 13.1 Å². The van der Waals surface area contributed by atoms with Crippen molar-refractivity contribution in [2.45, 2.75) is 19.1 Å². The minimum Gasteiger partial charge on any atom is -0.489 e. The monoisotopic (exact) mass is 337 g/mol. The lowest BCUT2D eigenvalue weighted by atomic mass is 10.1. The topological polar surface area (TPSA) is 39.1 Å². The van der Waals surface area contributed by atoms with Gasteiger partial charge in [-0.1, -0.05) is 18.2 Å². The lowest BCUT2D eigenvalue weighted by Gasteiger charge is -2.09. The van der Waals surface area contributed by atoms with E-state index in [-0.39, 0.29) is 12.4 Å². The maximum atomic E-state index is 13.6. The van der Waals surface area contributed by atoms with E-state index >= 15 is 0 Å². The zero-order valence-corrected chi connectivity index (χ0v) is 13.9. The van der Waals surface area contributed by atoms with Crippen molar-refractivity contribution in [1.82, 2.24) is 15.1 Å². The molecular weight excluding hydrogens is 317 g/mol. The smallest absolute Gasteiger partial charge is 0.129 e. The fourth-order valence-corrected chi connectivity index (χ4v) is 3.06. The van der Waals surface area contributed by atoms with Crippen molar-refractivity contribution in [3.63, 3.8) is 0 Å². The van der Waals surface area contributed by atoms with Crippen molar-refractivity contribution in [3.8, 4) is 17.0 Å². The molecule has 0 saturated carbocycles. The Labute approximate surface area is 146 Å². The molecule has 1 aliphatic heterocycles. The van der Waals surface area contributed by atoms with Crippen molar-refractivity contribution in [2.24, 2.45) is 0 Å². The van der Waals surface area contributed by atoms with Gasteiger partial charge in [-0.2, -0.15) is 5.10 Å². The van der Waals surface area contributed by atoms with Gasteiger partial charge in [0, 0.05) is 23.9 Å². The molecule has 1 N–H and O–H groups in total. The van der Waals surface area contributed by atoms with Gasteiger partial charge in [0.25, 0.3) is 0 Å². The third kappa shape index (κ3) is 3.56. The second-order valence-corrected chi connectivity index (χ2v) is 6.23. The number of ether oxygens (including phenoxy) is 1. The van der Waals surface area contributed by atoms with Crippen LogP contribution in [0, 0.1) is 5.82 Å². The number of aromatic nitrogens is 2. The standard InChI is InChI=1S/C20H20FN3O/c21-19-4-2-1-3-16(19)14-25-18-7-5-15(6-8-18)20-10-12-24(23-20)17-9-11-22-13-17/h1-8,10,12,17,22H,9,11,13-14H2/t17-/m1/s1. The van der Waals surface area contributed by atoms with Gasteiger partial charge in [0.05, 0.1) is 11.7 Å². The predicted molar refractivity (Wildman–Crippen MR) is 94.9 cm³/mol. The molecule has 1 aromatic heterocycles. The summed E-state index contributed by atoms with van der Waals surface area (Å²) >= 11 is 0. The summed E-state index contributed by atoms with van der Waals surface area (Å²) < 4.78 is 21.3. The number of benzene rings is 2. The molecule has 0 unspecified atom stereocenters. The van der Waals surface area contributed by atoms with Crippen LogP contribution in [0.1, 0.15) is 18.0 Å². The van der Waals surface area contributed by atoms with Crippen LogP contribution in [0.4, 0.5) is 4.39 Å². The van der Waals surface area contributed by atoms with Crippen molar-refractivity contribution >= 4 is 0 Å². The summed E-state index contributed by atoms with van der Waals surface area (Å²) in [6.07, 6.45) is 3.15. The molecule has 2 aromatic carbocycles. The Hall–Kier alpha value is -2.66. The third-order valence-electron chi connectivity index (χ3n) is 4.52. The first-order valence-corrected chi connectivity index (χ1v) is 8.52. The zero-order valence-electron chi connectivity index (χ0n) is 13.9. The Bertz CT molecular complexity index is 838. The number of halogens is 1. The minimum absolute atomic E-state index is 0.218. The van der Waals surface area contributed by atoms with Crippen LogP contribution >= 0.6 is 0 Å². The van der Waals surface area contributed by atoms with E-state index in [1.54, 1.807) is 18.2 Å². The highest BCUT2D eigenvalue weighted by Gasteiger charge is 2.17. The van der Waals surface area contributed by atoms with E-state index in [0.717, 1.165) is 30.8 Å². The van der Waals surface area contributed by atoms with Gasteiger partial charge in [0.15, 0.2) is 0 Å². The van der Waals surface area contributed by atoms with Crippen LogP contribution < -0.4 is 10.1 Å². The molecule has 0 radical (unpaired) electrons. The van der Waals surface area contributed by atoms with E-state index in [2.05, 4.69) is 10.4 Å². The Balaban J connectivity index is 1.42. The van der Waals surface area contributed by atoms with Crippen molar-refractivity contribution in [1.29, 1.82) is 0 Å². The molecule has 3 aromatic rings. The molecule has 0 aliphatic carbocycles. The molecular formula is C20H20FN3O. The highest BCUT2D eigenvalue weighted by molar-refractivity contribution is 5.59. The first-order chi connectivity index (χ1) is 12.3. The third-order valence-corrected chi connectivity index (χ3v) is 4.52. The number of hydrogen-bond acceptors (Lipinski definition) is 3. The maximum Gasteiger partial charge on any atom is 0.129 e. The number of nitrogens with one attached hydrogen (secondary N) is 1. The van der Waals surface area contributed by atoms with Gasteiger partial charge in [-0.25, -0.2) is 4.39 Å². The Morgan fingerprint density at radius 2 is 1.96 bits per heavy atom. The minimum atomic E-state index is -0.244. The Morgan fingerprint density at radius 1 is 1.12 bits per heavy atom. The fourth-order valence-electron chi connectivity index (χ4n) is 3.06. The molecule has 0 bridgehead atoms. The van der Waals surface area contributed by atoms with Crippen molar-refractivity contribution < 1.29 is 9.13 Å². The predicted octanol–water partition coefficient (Wildman–Crippen LogP) is 3.80. The summed E-state index contributed by atoms with van der Waals surface area (Å²) in [6.45, 7) is 2.24. The normalized spacial score (nSPS) is 16.9. The molecule has 5 heteroatoms. The van der Waals surface area contributed by atoms with Crippen LogP contribution in [0.3, 0.4) is 0 Å². The van der Waals surface area contributed by atoms with E-state index < -0.39 is 0 Å². The Morgan fingerprint density at radius 3 is 2.72 bits per heavy atom. The maximum absolute atomic E-state index is 13.6. The first-order valence-electron chi connectivity index (χ1n) is 8.52. The molecule has 128 valence electrons. The molecule has 1 saturated heterocycles. The van der Waals surface area contributed by atoms with E-state index in [4.69, 9.17) is 4.74 Å². The van der Waals surface area contributed by atoms with Crippen LogP contribution in [0.15, 0.2) is 60.8 Å². The van der Waals surface area contributed by atoms with Crippen molar-refractivity contribution in [3.05, 3.63) is 72.2 Å². The zero-order chi connectivity index (χ0) is 17.1. The van der Waals surface area contributed by atoms with Crippen LogP contribution in [-0.2, 0) is 6.61 Å². The summed E-state index contributed by atoms with van der Waals surface area (Å²) in [6, 6.07) is 16.9. The average molecular weight is 337 g/mol. The number of rotatable bonds is 5. The molecule has 4 nitrogen and oxygen atoms in total.